The van der Waals surface area contributed by atoms with Crippen molar-refractivity contribution in [3.05, 3.63) is 87.1 Å². The van der Waals surface area contributed by atoms with Crippen LogP contribution in [-0.2, 0) is 19.3 Å². The fraction of sp³-hybridized carbons (Fsp3) is 0.261. The number of ether oxygens (including phenoxy) is 1. The molecule has 2 aromatic carbocycles. The van der Waals surface area contributed by atoms with Crippen molar-refractivity contribution >= 4 is 11.0 Å². The highest BCUT2D eigenvalue weighted by atomic mass is 19.4. The van der Waals surface area contributed by atoms with Gasteiger partial charge in [0.1, 0.15) is 29.3 Å². The van der Waals surface area contributed by atoms with Crippen LogP contribution in [0.1, 0.15) is 41.2 Å². The van der Waals surface area contributed by atoms with Crippen molar-refractivity contribution in [1.29, 1.82) is 0 Å². The summed E-state index contributed by atoms with van der Waals surface area (Å²) in [6.07, 6.45) is -4.15. The van der Waals surface area contributed by atoms with Gasteiger partial charge >= 0.3 is 6.18 Å². The molecule has 4 rings (SSSR count). The molecule has 172 valence electrons. The van der Waals surface area contributed by atoms with E-state index in [0.29, 0.717) is 23.6 Å². The summed E-state index contributed by atoms with van der Waals surface area (Å²) in [6, 6.07) is 11.3. The molecule has 6 nitrogen and oxygen atoms in total. The average molecular weight is 460 g/mol. The van der Waals surface area contributed by atoms with Gasteiger partial charge in [0.05, 0.1) is 18.7 Å². The number of hydrogen-bond acceptors (Lipinski definition) is 4. The highest BCUT2D eigenvalue weighted by Crippen LogP contribution is 2.31. The van der Waals surface area contributed by atoms with E-state index in [0.717, 1.165) is 17.7 Å². The van der Waals surface area contributed by atoms with E-state index in [-0.39, 0.29) is 16.7 Å². The first-order valence-electron chi connectivity index (χ1n) is 10.1. The number of rotatable bonds is 6. The summed E-state index contributed by atoms with van der Waals surface area (Å²) < 4.78 is 58.8. The van der Waals surface area contributed by atoms with Crippen molar-refractivity contribution in [3.63, 3.8) is 0 Å². The summed E-state index contributed by atoms with van der Waals surface area (Å²) in [7, 11) is 1.56. The van der Waals surface area contributed by atoms with Crippen molar-refractivity contribution in [3.8, 4) is 5.75 Å². The Morgan fingerprint density at radius 1 is 1.09 bits per heavy atom. The number of hydrogen-bond donors (Lipinski definition) is 1. The Morgan fingerprint density at radius 2 is 1.76 bits per heavy atom. The standard InChI is InChI=1S/C23H20F4N4O2/c1-13(15-5-7-16(8-6-15)23(25,26)27)31-21-20(18(12-24)30-31)22(32)29-19(28-21)11-14-3-9-17(33-2)10-4-14/h3-10,13H,11-12H2,1-2H3,(H,28,29,32). The van der Waals surface area contributed by atoms with Crippen LogP contribution in [0.3, 0.4) is 0 Å². The van der Waals surface area contributed by atoms with Crippen LogP contribution in [0.15, 0.2) is 53.3 Å². The monoisotopic (exact) mass is 460 g/mol. The Labute approximate surface area is 185 Å². The third kappa shape index (κ3) is 4.46. The number of methoxy groups -OCH3 is 1. The smallest absolute Gasteiger partial charge is 0.416 e. The van der Waals surface area contributed by atoms with Gasteiger partial charge in [-0.1, -0.05) is 24.3 Å². The fourth-order valence-electron chi connectivity index (χ4n) is 3.64. The molecule has 4 aromatic rings. The van der Waals surface area contributed by atoms with Crippen LogP contribution in [0, 0.1) is 0 Å². The number of halogens is 4. The summed E-state index contributed by atoms with van der Waals surface area (Å²) in [5.74, 6) is 1.04. The third-order valence-corrected chi connectivity index (χ3v) is 5.43. The Morgan fingerprint density at radius 3 is 2.33 bits per heavy atom. The van der Waals surface area contributed by atoms with Crippen LogP contribution in [0.5, 0.6) is 5.75 Å². The Balaban J connectivity index is 1.75. The van der Waals surface area contributed by atoms with E-state index in [9.17, 15) is 22.4 Å². The molecule has 0 saturated carbocycles. The summed E-state index contributed by atoms with van der Waals surface area (Å²) in [5, 5.41) is 4.23. The second-order valence-electron chi connectivity index (χ2n) is 7.56. The molecule has 33 heavy (non-hydrogen) atoms. The molecule has 2 heterocycles. The zero-order valence-corrected chi connectivity index (χ0v) is 17.8. The summed E-state index contributed by atoms with van der Waals surface area (Å²) in [5.41, 5.74) is 0.171. The lowest BCUT2D eigenvalue weighted by atomic mass is 10.1. The molecule has 0 aliphatic carbocycles. The molecule has 1 atom stereocenters. The van der Waals surface area contributed by atoms with Crippen LogP contribution in [0.25, 0.3) is 11.0 Å². The van der Waals surface area contributed by atoms with Gasteiger partial charge in [0, 0.05) is 6.42 Å². The Hall–Kier alpha value is -3.69. The molecule has 0 aliphatic rings. The first-order valence-corrected chi connectivity index (χ1v) is 10.1. The topological polar surface area (TPSA) is 72.8 Å². The molecule has 0 amide bonds. The van der Waals surface area contributed by atoms with E-state index >= 15 is 0 Å². The van der Waals surface area contributed by atoms with Crippen molar-refractivity contribution in [1.82, 2.24) is 19.7 Å². The summed E-state index contributed by atoms with van der Waals surface area (Å²) in [4.78, 5) is 19.9. The molecule has 0 radical (unpaired) electrons. The average Bonchev–Trinajstić information content (AvgIpc) is 3.18. The van der Waals surface area contributed by atoms with E-state index < -0.39 is 30.0 Å². The van der Waals surface area contributed by atoms with Crippen molar-refractivity contribution in [2.75, 3.05) is 7.11 Å². The highest BCUT2D eigenvalue weighted by molar-refractivity contribution is 5.77. The minimum Gasteiger partial charge on any atom is -0.497 e. The second-order valence-corrected chi connectivity index (χ2v) is 7.56. The number of fused-ring (bicyclic) bond motifs is 1. The molecule has 0 aliphatic heterocycles. The quantitative estimate of drug-likeness (QED) is 0.419. The highest BCUT2D eigenvalue weighted by Gasteiger charge is 2.30. The van der Waals surface area contributed by atoms with Crippen LogP contribution in [0.2, 0.25) is 0 Å². The van der Waals surface area contributed by atoms with Gasteiger partial charge in [-0.3, -0.25) is 4.79 Å². The van der Waals surface area contributed by atoms with Crippen LogP contribution >= 0.6 is 0 Å². The maximum absolute atomic E-state index is 13.6. The van der Waals surface area contributed by atoms with E-state index in [1.165, 1.54) is 16.8 Å². The number of nitrogens with zero attached hydrogens (tertiary/aromatic N) is 3. The summed E-state index contributed by atoms with van der Waals surface area (Å²) in [6.45, 7) is 0.717. The third-order valence-electron chi connectivity index (χ3n) is 5.43. The van der Waals surface area contributed by atoms with E-state index in [1.54, 1.807) is 26.2 Å². The van der Waals surface area contributed by atoms with Crippen molar-refractivity contribution in [2.45, 2.75) is 32.2 Å². The predicted octanol–water partition coefficient (Wildman–Crippen LogP) is 4.82. The van der Waals surface area contributed by atoms with Crippen LogP contribution < -0.4 is 10.3 Å². The minimum atomic E-state index is -4.45. The van der Waals surface area contributed by atoms with Gasteiger partial charge in [-0.25, -0.2) is 14.1 Å². The molecule has 10 heteroatoms. The lowest BCUT2D eigenvalue weighted by Gasteiger charge is -2.15. The van der Waals surface area contributed by atoms with E-state index in [2.05, 4.69) is 15.1 Å². The SMILES string of the molecule is COc1ccc(Cc2nc3c(c(CF)nn3C(C)c3ccc(C(F)(F)F)cc3)c(=O)[nH]2)cc1. The lowest BCUT2D eigenvalue weighted by molar-refractivity contribution is -0.137. The fourth-order valence-corrected chi connectivity index (χ4v) is 3.64. The van der Waals surface area contributed by atoms with Gasteiger partial charge in [-0.05, 0) is 42.3 Å². The molecule has 0 spiro atoms. The molecular weight excluding hydrogens is 440 g/mol. The first-order chi connectivity index (χ1) is 15.7. The number of H-pyrrole nitrogens is 1. The van der Waals surface area contributed by atoms with Gasteiger partial charge in [-0.15, -0.1) is 0 Å². The molecular formula is C23H20F4N4O2. The van der Waals surface area contributed by atoms with Gasteiger partial charge in [-0.2, -0.15) is 18.3 Å². The van der Waals surface area contributed by atoms with Gasteiger partial charge < -0.3 is 9.72 Å². The number of aromatic amines is 1. The number of benzene rings is 2. The molecule has 0 bridgehead atoms. The number of aromatic nitrogens is 4. The number of nitrogens with one attached hydrogen (secondary N) is 1. The maximum atomic E-state index is 13.6. The Bertz CT molecular complexity index is 1330. The molecule has 0 fully saturated rings. The summed E-state index contributed by atoms with van der Waals surface area (Å²) >= 11 is 0. The molecule has 0 saturated heterocycles. The number of alkyl halides is 4. The normalized spacial score (nSPS) is 12.8. The van der Waals surface area contributed by atoms with Crippen molar-refractivity contribution in [2.24, 2.45) is 0 Å². The van der Waals surface area contributed by atoms with E-state index in [4.69, 9.17) is 4.74 Å². The van der Waals surface area contributed by atoms with Crippen LogP contribution in [0.4, 0.5) is 17.6 Å². The van der Waals surface area contributed by atoms with E-state index in [1.807, 2.05) is 12.1 Å². The van der Waals surface area contributed by atoms with Gasteiger partial charge in [0.2, 0.25) is 0 Å². The molecule has 1 N–H and O–H groups in total. The lowest BCUT2D eigenvalue weighted by Crippen LogP contribution is -2.15. The molecule has 2 aromatic heterocycles. The molecule has 1 unspecified atom stereocenters. The first kappa shape index (κ1) is 22.5. The maximum Gasteiger partial charge on any atom is 0.416 e. The largest absolute Gasteiger partial charge is 0.497 e. The van der Waals surface area contributed by atoms with Crippen molar-refractivity contribution < 1.29 is 22.3 Å². The minimum absolute atomic E-state index is 0.0229. The predicted molar refractivity (Wildman–Crippen MR) is 114 cm³/mol. The van der Waals surface area contributed by atoms with Gasteiger partial charge in [0.15, 0.2) is 5.65 Å². The Kier molecular flexibility index (Phi) is 5.92. The second kappa shape index (κ2) is 8.68. The zero-order chi connectivity index (χ0) is 23.8. The zero-order valence-electron chi connectivity index (χ0n) is 17.8. The van der Waals surface area contributed by atoms with Crippen LogP contribution in [-0.4, -0.2) is 26.9 Å². The van der Waals surface area contributed by atoms with Gasteiger partial charge in [0.25, 0.3) is 5.56 Å².